The van der Waals surface area contributed by atoms with Gasteiger partial charge in [0.15, 0.2) is 0 Å². The van der Waals surface area contributed by atoms with E-state index in [1.54, 1.807) is 0 Å². The van der Waals surface area contributed by atoms with Crippen LogP contribution in [0.15, 0.2) is 12.5 Å². The lowest BCUT2D eigenvalue weighted by molar-refractivity contribution is -0.149. The van der Waals surface area contributed by atoms with E-state index in [1.165, 1.54) is 12.5 Å². The minimum atomic E-state index is -1.50. The molecular formula is C20H29N7O8. The number of carbonyl (C=O) groups excluding carboxylic acids is 4. The van der Waals surface area contributed by atoms with Crippen molar-refractivity contribution in [2.45, 2.75) is 62.7 Å². The number of likely N-dealkylation sites (tertiary alicyclic amines) is 1. The molecule has 0 aliphatic carbocycles. The van der Waals surface area contributed by atoms with Crippen LogP contribution in [0.4, 0.5) is 0 Å². The molecular weight excluding hydrogens is 466 g/mol. The van der Waals surface area contributed by atoms with Crippen LogP contribution in [0.1, 0.15) is 37.8 Å². The Morgan fingerprint density at radius 1 is 1.14 bits per heavy atom. The number of primary amides is 1. The van der Waals surface area contributed by atoms with Crippen molar-refractivity contribution in [1.82, 2.24) is 25.5 Å². The first-order valence-corrected chi connectivity index (χ1v) is 10.9. The molecule has 0 spiro atoms. The predicted octanol–water partition coefficient (Wildman–Crippen LogP) is -2.94. The van der Waals surface area contributed by atoms with Gasteiger partial charge in [-0.1, -0.05) is 0 Å². The molecule has 2 rings (SSSR count). The molecule has 0 aromatic carbocycles. The molecule has 0 radical (unpaired) electrons. The molecule has 1 aliphatic heterocycles. The molecule has 1 saturated heterocycles. The van der Waals surface area contributed by atoms with Crippen LogP contribution in [0.25, 0.3) is 0 Å². The topological polar surface area (TPSA) is 251 Å². The normalized spacial score (nSPS) is 17.7. The minimum absolute atomic E-state index is 0.0667. The number of nitrogens with zero attached hydrogens (tertiary/aromatic N) is 2. The highest BCUT2D eigenvalue weighted by molar-refractivity contribution is 5.96. The first-order chi connectivity index (χ1) is 16.5. The second-order valence-electron chi connectivity index (χ2n) is 8.14. The van der Waals surface area contributed by atoms with Crippen molar-refractivity contribution >= 4 is 35.6 Å². The quantitative estimate of drug-likeness (QED) is 0.147. The van der Waals surface area contributed by atoms with Gasteiger partial charge in [0.25, 0.3) is 0 Å². The summed E-state index contributed by atoms with van der Waals surface area (Å²) >= 11 is 0. The van der Waals surface area contributed by atoms with Gasteiger partial charge in [0.1, 0.15) is 18.1 Å². The molecule has 1 fully saturated rings. The number of aliphatic carboxylic acids is 2. The number of hydrogen-bond donors (Lipinski definition) is 7. The van der Waals surface area contributed by atoms with Gasteiger partial charge < -0.3 is 42.2 Å². The standard InChI is InChI=1S/C20H29N7O8/c21-11(3-4-16(29)30)17(31)25-12(7-15(22)28)18(32)26-13(6-10-8-23-9-24-10)19(33)27-5-1-2-14(27)20(34)35/h8-9,11-14H,1-7,21H2,(H2,22,28)(H,23,24)(H,25,31)(H,26,32)(H,29,30)(H,34,35). The fourth-order valence-electron chi connectivity index (χ4n) is 3.68. The average molecular weight is 495 g/mol. The summed E-state index contributed by atoms with van der Waals surface area (Å²) in [5, 5.41) is 22.9. The number of carboxylic acids is 2. The summed E-state index contributed by atoms with van der Waals surface area (Å²) in [4.78, 5) is 80.1. The Kier molecular flexibility index (Phi) is 9.69. The van der Waals surface area contributed by atoms with Crippen LogP contribution in [0.3, 0.4) is 0 Å². The van der Waals surface area contributed by atoms with Gasteiger partial charge in [0.2, 0.25) is 23.6 Å². The Hall–Kier alpha value is -4.01. The molecule has 1 aromatic heterocycles. The summed E-state index contributed by atoms with van der Waals surface area (Å²) in [7, 11) is 0. The van der Waals surface area contributed by atoms with E-state index in [0.717, 1.165) is 4.90 Å². The zero-order chi connectivity index (χ0) is 26.1. The molecule has 9 N–H and O–H groups in total. The molecule has 192 valence electrons. The predicted molar refractivity (Wildman–Crippen MR) is 117 cm³/mol. The van der Waals surface area contributed by atoms with E-state index in [-0.39, 0.29) is 32.2 Å². The van der Waals surface area contributed by atoms with Crippen LogP contribution >= 0.6 is 0 Å². The number of nitrogens with two attached hydrogens (primary N) is 2. The zero-order valence-electron chi connectivity index (χ0n) is 18.8. The number of rotatable bonds is 13. The maximum atomic E-state index is 13.2. The number of amides is 4. The third-order valence-corrected chi connectivity index (χ3v) is 5.46. The van der Waals surface area contributed by atoms with Crippen molar-refractivity contribution in [2.75, 3.05) is 6.54 Å². The molecule has 4 unspecified atom stereocenters. The molecule has 2 heterocycles. The third kappa shape index (κ3) is 8.06. The molecule has 0 saturated carbocycles. The van der Waals surface area contributed by atoms with Crippen molar-refractivity contribution < 1.29 is 39.0 Å². The van der Waals surface area contributed by atoms with Crippen LogP contribution in [-0.2, 0) is 35.2 Å². The highest BCUT2D eigenvalue weighted by atomic mass is 16.4. The largest absolute Gasteiger partial charge is 0.481 e. The van der Waals surface area contributed by atoms with Gasteiger partial charge >= 0.3 is 11.9 Å². The summed E-state index contributed by atoms with van der Waals surface area (Å²) < 4.78 is 0. The van der Waals surface area contributed by atoms with Crippen LogP contribution < -0.4 is 22.1 Å². The first-order valence-electron chi connectivity index (χ1n) is 10.9. The van der Waals surface area contributed by atoms with Crippen LogP contribution in [-0.4, -0.2) is 91.4 Å². The van der Waals surface area contributed by atoms with Crippen LogP contribution in [0, 0.1) is 0 Å². The van der Waals surface area contributed by atoms with E-state index in [0.29, 0.717) is 12.1 Å². The molecule has 1 aromatic rings. The summed E-state index contributed by atoms with van der Waals surface area (Å²) in [6.45, 7) is 0.186. The number of H-pyrrole nitrogens is 1. The first kappa shape index (κ1) is 27.2. The van der Waals surface area contributed by atoms with Crippen molar-refractivity contribution in [3.05, 3.63) is 18.2 Å². The van der Waals surface area contributed by atoms with Crippen molar-refractivity contribution in [3.8, 4) is 0 Å². The number of nitrogens with one attached hydrogen (secondary N) is 3. The van der Waals surface area contributed by atoms with E-state index in [4.69, 9.17) is 16.6 Å². The Morgan fingerprint density at radius 2 is 1.83 bits per heavy atom. The average Bonchev–Trinajstić information content (AvgIpc) is 3.47. The fourth-order valence-corrected chi connectivity index (χ4v) is 3.68. The van der Waals surface area contributed by atoms with E-state index in [9.17, 15) is 33.9 Å². The molecule has 4 atom stereocenters. The number of hydrogen-bond acceptors (Lipinski definition) is 8. The Morgan fingerprint density at radius 3 is 2.40 bits per heavy atom. The molecule has 35 heavy (non-hydrogen) atoms. The number of aromatic nitrogens is 2. The number of carboxylic acid groups (broad SMARTS) is 2. The van der Waals surface area contributed by atoms with Crippen molar-refractivity contribution in [3.63, 3.8) is 0 Å². The Bertz CT molecular complexity index is 951. The number of imidazole rings is 1. The van der Waals surface area contributed by atoms with Gasteiger partial charge in [-0.15, -0.1) is 0 Å². The molecule has 15 heteroatoms. The summed E-state index contributed by atoms with van der Waals surface area (Å²) in [6.07, 6.45) is 2.25. The Labute approximate surface area is 199 Å². The lowest BCUT2D eigenvalue weighted by Crippen LogP contribution is -2.58. The number of aromatic amines is 1. The highest BCUT2D eigenvalue weighted by Gasteiger charge is 2.38. The van der Waals surface area contributed by atoms with Gasteiger partial charge in [0.05, 0.1) is 18.8 Å². The molecule has 0 bridgehead atoms. The number of carbonyl (C=O) groups is 6. The second kappa shape index (κ2) is 12.5. The van der Waals surface area contributed by atoms with Gasteiger partial charge in [-0.3, -0.25) is 24.0 Å². The van der Waals surface area contributed by atoms with Crippen LogP contribution in [0.5, 0.6) is 0 Å². The van der Waals surface area contributed by atoms with Gasteiger partial charge in [-0.25, -0.2) is 9.78 Å². The van der Waals surface area contributed by atoms with Gasteiger partial charge in [-0.05, 0) is 19.3 Å². The fraction of sp³-hybridized carbons (Fsp3) is 0.550. The van der Waals surface area contributed by atoms with Crippen LogP contribution in [0.2, 0.25) is 0 Å². The van der Waals surface area contributed by atoms with Gasteiger partial charge in [0, 0.05) is 31.3 Å². The van der Waals surface area contributed by atoms with Crippen molar-refractivity contribution in [2.24, 2.45) is 11.5 Å². The van der Waals surface area contributed by atoms with E-state index >= 15 is 0 Å². The molecule has 4 amide bonds. The second-order valence-corrected chi connectivity index (χ2v) is 8.14. The monoisotopic (exact) mass is 495 g/mol. The van der Waals surface area contributed by atoms with Crippen molar-refractivity contribution in [1.29, 1.82) is 0 Å². The SMILES string of the molecule is NC(=O)CC(NC(=O)C(N)CCC(=O)O)C(=O)NC(Cc1cnc[nH]1)C(=O)N1CCCC1C(=O)O. The van der Waals surface area contributed by atoms with E-state index in [2.05, 4.69) is 20.6 Å². The molecule has 15 nitrogen and oxygen atoms in total. The summed E-state index contributed by atoms with van der Waals surface area (Å²) in [5.41, 5.74) is 11.3. The Balaban J connectivity index is 2.19. The minimum Gasteiger partial charge on any atom is -0.481 e. The summed E-state index contributed by atoms with van der Waals surface area (Å²) in [6, 6.07) is -5.05. The van der Waals surface area contributed by atoms with E-state index < -0.39 is 66.2 Å². The van der Waals surface area contributed by atoms with Gasteiger partial charge in [-0.2, -0.15) is 0 Å². The maximum absolute atomic E-state index is 13.2. The summed E-state index contributed by atoms with van der Waals surface area (Å²) in [5.74, 6) is -5.72. The maximum Gasteiger partial charge on any atom is 0.326 e. The lowest BCUT2D eigenvalue weighted by Gasteiger charge is -2.28. The lowest BCUT2D eigenvalue weighted by atomic mass is 10.1. The zero-order valence-corrected chi connectivity index (χ0v) is 18.8. The highest BCUT2D eigenvalue weighted by Crippen LogP contribution is 2.19. The molecule has 1 aliphatic rings. The smallest absolute Gasteiger partial charge is 0.326 e. The van der Waals surface area contributed by atoms with E-state index in [1.807, 2.05) is 0 Å². The third-order valence-electron chi connectivity index (χ3n) is 5.46.